The number of morpholine rings is 1. The van der Waals surface area contributed by atoms with Crippen LogP contribution < -0.4 is 10.2 Å². The number of nitrogens with zero attached hydrogens (tertiary/aromatic N) is 5. The summed E-state index contributed by atoms with van der Waals surface area (Å²) in [5.41, 5.74) is 7.00. The van der Waals surface area contributed by atoms with Gasteiger partial charge in [0.2, 0.25) is 0 Å². The average Bonchev–Trinajstić information content (AvgIpc) is 3.28. The highest BCUT2D eigenvalue weighted by Gasteiger charge is 2.21. The maximum absolute atomic E-state index is 12.8. The molecule has 1 fully saturated rings. The largest absolute Gasteiger partial charge is 0.378 e. The van der Waals surface area contributed by atoms with Crippen LogP contribution in [0.2, 0.25) is 0 Å². The molecule has 2 aliphatic heterocycles. The Morgan fingerprint density at radius 3 is 2.79 bits per heavy atom. The van der Waals surface area contributed by atoms with E-state index < -0.39 is 0 Å². The van der Waals surface area contributed by atoms with Crippen molar-refractivity contribution in [3.63, 3.8) is 0 Å². The Bertz CT molecular complexity index is 1300. The molecule has 1 N–H and O–H groups in total. The Kier molecular flexibility index (Phi) is 5.55. The smallest absolute Gasteiger partial charge is 0.274 e. The molecule has 8 heteroatoms. The van der Waals surface area contributed by atoms with E-state index >= 15 is 0 Å². The molecule has 0 radical (unpaired) electrons. The van der Waals surface area contributed by atoms with Crippen molar-refractivity contribution in [3.05, 3.63) is 82.4 Å². The number of nitriles is 1. The summed E-state index contributed by atoms with van der Waals surface area (Å²) in [6.45, 7) is 5.47. The number of nitrogens with one attached hydrogen (secondary N) is 1. The van der Waals surface area contributed by atoms with Gasteiger partial charge in [-0.3, -0.25) is 14.8 Å². The number of amides is 1. The summed E-state index contributed by atoms with van der Waals surface area (Å²) in [5, 5.41) is 11.9. The van der Waals surface area contributed by atoms with Crippen molar-refractivity contribution < 1.29 is 9.53 Å². The molecule has 0 saturated carbocycles. The minimum atomic E-state index is -0.315. The maximum Gasteiger partial charge on any atom is 0.274 e. The van der Waals surface area contributed by atoms with Crippen LogP contribution >= 0.6 is 0 Å². The van der Waals surface area contributed by atoms with E-state index in [1.165, 1.54) is 6.20 Å². The summed E-state index contributed by atoms with van der Waals surface area (Å²) in [5.74, 6) is -0.315. The van der Waals surface area contributed by atoms with Crippen molar-refractivity contribution in [1.82, 2.24) is 9.97 Å². The number of rotatable bonds is 4. The molecule has 0 spiro atoms. The molecule has 33 heavy (non-hydrogen) atoms. The van der Waals surface area contributed by atoms with Crippen LogP contribution in [0.3, 0.4) is 0 Å². The number of carbonyl (C=O) groups excluding carboxylic acids is 1. The van der Waals surface area contributed by atoms with Crippen molar-refractivity contribution >= 4 is 23.0 Å². The number of hydrogen-bond donors (Lipinski definition) is 1. The van der Waals surface area contributed by atoms with Crippen LogP contribution in [-0.2, 0) is 11.3 Å². The second-order valence-electron chi connectivity index (χ2n) is 8.02. The van der Waals surface area contributed by atoms with Gasteiger partial charge >= 0.3 is 0 Å². The Hall–Kier alpha value is -4.09. The lowest BCUT2D eigenvalue weighted by Crippen LogP contribution is -2.36. The number of aliphatic imine (C=N–C) groups is 1. The molecular formula is C25H22N6O2. The van der Waals surface area contributed by atoms with Crippen LogP contribution in [0.5, 0.6) is 0 Å². The molecule has 1 amide bonds. The number of anilines is 2. The van der Waals surface area contributed by atoms with E-state index in [0.717, 1.165) is 41.2 Å². The first-order chi connectivity index (χ1) is 16.1. The van der Waals surface area contributed by atoms with E-state index in [2.05, 4.69) is 26.3 Å². The minimum absolute atomic E-state index is 0.297. The number of aromatic nitrogens is 2. The highest BCUT2D eigenvalue weighted by Crippen LogP contribution is 2.28. The first kappa shape index (κ1) is 20.8. The zero-order valence-electron chi connectivity index (χ0n) is 18.2. The van der Waals surface area contributed by atoms with E-state index in [9.17, 15) is 4.79 Å². The molecule has 0 unspecified atom stereocenters. The summed E-state index contributed by atoms with van der Waals surface area (Å²) in [7, 11) is 0. The van der Waals surface area contributed by atoms with Crippen LogP contribution in [0, 0.1) is 18.3 Å². The minimum Gasteiger partial charge on any atom is -0.378 e. The van der Waals surface area contributed by atoms with Crippen LogP contribution in [0.25, 0.3) is 0 Å². The molecule has 1 aromatic carbocycles. The number of fused-ring (bicyclic) bond motifs is 1. The zero-order chi connectivity index (χ0) is 22.8. The van der Waals surface area contributed by atoms with Crippen molar-refractivity contribution in [3.8, 4) is 6.07 Å². The maximum atomic E-state index is 12.8. The molecule has 8 nitrogen and oxygen atoms in total. The van der Waals surface area contributed by atoms with Gasteiger partial charge in [-0.05, 0) is 42.3 Å². The van der Waals surface area contributed by atoms with E-state index in [4.69, 9.17) is 15.0 Å². The van der Waals surface area contributed by atoms with Crippen LogP contribution in [0.4, 0.5) is 11.4 Å². The normalized spacial score (nSPS) is 14.9. The Labute approximate surface area is 191 Å². The molecule has 2 aliphatic rings. The molecule has 1 saturated heterocycles. The third-order valence-electron chi connectivity index (χ3n) is 5.83. The molecule has 5 rings (SSSR count). The number of pyridine rings is 2. The number of aryl methyl sites for hydroxylation is 1. The average molecular weight is 438 g/mol. The summed E-state index contributed by atoms with van der Waals surface area (Å²) < 4.78 is 5.45. The lowest BCUT2D eigenvalue weighted by atomic mass is 10.00. The number of carbonyl (C=O) groups is 1. The van der Waals surface area contributed by atoms with Gasteiger partial charge in [0.1, 0.15) is 11.8 Å². The van der Waals surface area contributed by atoms with Crippen molar-refractivity contribution in [1.29, 1.82) is 5.26 Å². The highest BCUT2D eigenvalue weighted by atomic mass is 16.5. The Morgan fingerprint density at radius 1 is 1.15 bits per heavy atom. The highest BCUT2D eigenvalue weighted by molar-refractivity contribution is 6.16. The number of hydrogen-bond acceptors (Lipinski definition) is 7. The van der Waals surface area contributed by atoms with Gasteiger partial charge in [-0.25, -0.2) is 4.98 Å². The van der Waals surface area contributed by atoms with E-state index in [-0.39, 0.29) is 5.91 Å². The SMILES string of the molecule is Cc1cc(C#N)cnc1C(=O)Nc1ccc2c(c1)C(c1cncc(N3CCOCC3)c1)=NC2. The van der Waals surface area contributed by atoms with Gasteiger partial charge in [0.05, 0.1) is 42.9 Å². The molecular weight excluding hydrogens is 416 g/mol. The van der Waals surface area contributed by atoms with Gasteiger partial charge in [0.15, 0.2) is 0 Å². The van der Waals surface area contributed by atoms with Crippen LogP contribution in [0.1, 0.15) is 38.3 Å². The summed E-state index contributed by atoms with van der Waals surface area (Å²) in [6, 6.07) is 11.6. The monoisotopic (exact) mass is 438 g/mol. The first-order valence-corrected chi connectivity index (χ1v) is 10.8. The Morgan fingerprint density at radius 2 is 2.00 bits per heavy atom. The van der Waals surface area contributed by atoms with Crippen molar-refractivity contribution in [2.45, 2.75) is 13.5 Å². The molecule has 0 bridgehead atoms. The fourth-order valence-electron chi connectivity index (χ4n) is 4.12. The number of ether oxygens (including phenoxy) is 1. The van der Waals surface area contributed by atoms with E-state index in [1.54, 1.807) is 13.0 Å². The Balaban J connectivity index is 1.39. The molecule has 164 valence electrons. The van der Waals surface area contributed by atoms with Gasteiger partial charge in [-0.2, -0.15) is 5.26 Å². The summed E-state index contributed by atoms with van der Waals surface area (Å²) >= 11 is 0. The van der Waals surface area contributed by atoms with E-state index in [0.29, 0.717) is 42.3 Å². The lowest BCUT2D eigenvalue weighted by Gasteiger charge is -2.28. The van der Waals surface area contributed by atoms with Crippen molar-refractivity contribution in [2.24, 2.45) is 4.99 Å². The second-order valence-corrected chi connectivity index (χ2v) is 8.02. The molecule has 4 heterocycles. The van der Waals surface area contributed by atoms with E-state index in [1.807, 2.05) is 36.7 Å². The zero-order valence-corrected chi connectivity index (χ0v) is 18.2. The van der Waals surface area contributed by atoms with Gasteiger partial charge in [-0.1, -0.05) is 6.07 Å². The fraction of sp³-hybridized carbons (Fsp3) is 0.240. The predicted octanol–water partition coefficient (Wildman–Crippen LogP) is 3.10. The third-order valence-corrected chi connectivity index (χ3v) is 5.83. The fourth-order valence-corrected chi connectivity index (χ4v) is 4.12. The lowest BCUT2D eigenvalue weighted by molar-refractivity contribution is 0.102. The van der Waals surface area contributed by atoms with Crippen molar-refractivity contribution in [2.75, 3.05) is 36.5 Å². The summed E-state index contributed by atoms with van der Waals surface area (Å²) in [4.78, 5) is 28.4. The quantitative estimate of drug-likeness (QED) is 0.671. The molecule has 0 aliphatic carbocycles. The van der Waals surface area contributed by atoms with Crippen LogP contribution in [-0.4, -0.2) is 47.9 Å². The van der Waals surface area contributed by atoms with Gasteiger partial charge in [-0.15, -0.1) is 0 Å². The molecule has 0 atom stereocenters. The second kappa shape index (κ2) is 8.81. The first-order valence-electron chi connectivity index (χ1n) is 10.8. The topological polar surface area (TPSA) is 104 Å². The standard InChI is InChI=1S/C25H22N6O2/c1-16-8-17(11-26)12-28-23(16)25(32)30-20-3-2-18-14-29-24(22(18)10-20)19-9-21(15-27-13-19)31-4-6-33-7-5-31/h2-3,8-10,12-13,15H,4-7,14H2,1H3,(H,30,32). The third kappa shape index (κ3) is 4.19. The van der Waals surface area contributed by atoms with Gasteiger partial charge in [0, 0.05) is 42.3 Å². The van der Waals surface area contributed by atoms with Crippen LogP contribution in [0.15, 0.2) is 53.9 Å². The van der Waals surface area contributed by atoms with Gasteiger partial charge < -0.3 is 15.0 Å². The predicted molar refractivity (Wildman–Crippen MR) is 125 cm³/mol. The summed E-state index contributed by atoms with van der Waals surface area (Å²) in [6.07, 6.45) is 5.10. The molecule has 3 aromatic rings. The molecule has 2 aromatic heterocycles. The number of benzene rings is 1. The van der Waals surface area contributed by atoms with Gasteiger partial charge in [0.25, 0.3) is 5.91 Å².